The molecule has 2 aromatic rings. The molecule has 0 spiro atoms. The second kappa shape index (κ2) is 6.98. The Labute approximate surface area is 155 Å². The Morgan fingerprint density at radius 3 is 2.58 bits per heavy atom. The highest BCUT2D eigenvalue weighted by molar-refractivity contribution is 5.83. The fourth-order valence-corrected chi connectivity index (χ4v) is 3.47. The van der Waals surface area contributed by atoms with Gasteiger partial charge in [-0.3, -0.25) is 4.79 Å². The van der Waals surface area contributed by atoms with Gasteiger partial charge in [0.2, 0.25) is 5.91 Å². The number of nitrogens with one attached hydrogen (secondary N) is 1. The van der Waals surface area contributed by atoms with Crippen LogP contribution in [0.15, 0.2) is 48.2 Å². The van der Waals surface area contributed by atoms with Crippen molar-refractivity contribution < 1.29 is 9.53 Å². The number of hydrogen-bond acceptors (Lipinski definition) is 3. The molecule has 1 aromatic heterocycles. The van der Waals surface area contributed by atoms with Crippen LogP contribution in [0.25, 0.3) is 5.69 Å². The number of benzene rings is 1. The minimum absolute atomic E-state index is 0.0316. The van der Waals surface area contributed by atoms with Crippen molar-refractivity contribution in [2.45, 2.75) is 34.2 Å². The van der Waals surface area contributed by atoms with Crippen molar-refractivity contribution in [1.82, 2.24) is 15.1 Å². The number of methoxy groups -OCH3 is 1. The fraction of sp³-hybridized carbons (Fsp3) is 0.429. The van der Waals surface area contributed by atoms with E-state index in [2.05, 4.69) is 44.2 Å². The average molecular weight is 353 g/mol. The number of amides is 1. The van der Waals surface area contributed by atoms with Crippen LogP contribution in [0.4, 0.5) is 0 Å². The van der Waals surface area contributed by atoms with Crippen LogP contribution in [0.1, 0.15) is 33.4 Å². The molecule has 0 unspecified atom stereocenters. The van der Waals surface area contributed by atoms with Crippen LogP contribution in [0.5, 0.6) is 5.75 Å². The molecule has 3 rings (SSSR count). The van der Waals surface area contributed by atoms with Gasteiger partial charge in [-0.15, -0.1) is 0 Å². The standard InChI is InChI=1S/C21H27N3O2/c1-14(2)12-18-19(21(18,3)4)20(25)22-13-15-10-11-24(23-15)16-6-8-17(26-5)9-7-16/h6-12,18-19H,13H2,1-5H3,(H,22,25)/t18-,19-/m0/s1. The molecule has 5 nitrogen and oxygen atoms in total. The van der Waals surface area contributed by atoms with E-state index in [0.29, 0.717) is 12.5 Å². The largest absolute Gasteiger partial charge is 0.497 e. The molecule has 1 N–H and O–H groups in total. The van der Waals surface area contributed by atoms with E-state index in [9.17, 15) is 4.79 Å². The third-order valence-corrected chi connectivity index (χ3v) is 5.13. The van der Waals surface area contributed by atoms with E-state index >= 15 is 0 Å². The molecular formula is C21H27N3O2. The Hall–Kier alpha value is -2.56. The lowest BCUT2D eigenvalue weighted by Crippen LogP contribution is -2.26. The maximum Gasteiger partial charge on any atom is 0.224 e. The Morgan fingerprint density at radius 2 is 1.96 bits per heavy atom. The van der Waals surface area contributed by atoms with Gasteiger partial charge in [0.1, 0.15) is 5.75 Å². The predicted molar refractivity (Wildman–Crippen MR) is 102 cm³/mol. The molecule has 1 fully saturated rings. The van der Waals surface area contributed by atoms with Gasteiger partial charge in [-0.05, 0) is 55.5 Å². The number of hydrogen-bond donors (Lipinski definition) is 1. The third kappa shape index (κ3) is 3.66. The lowest BCUT2D eigenvalue weighted by molar-refractivity contribution is -0.123. The molecular weight excluding hydrogens is 326 g/mol. The van der Waals surface area contributed by atoms with Crippen molar-refractivity contribution in [3.63, 3.8) is 0 Å². The lowest BCUT2D eigenvalue weighted by atomic mass is 10.1. The maximum absolute atomic E-state index is 12.5. The van der Waals surface area contributed by atoms with E-state index in [-0.39, 0.29) is 17.2 Å². The van der Waals surface area contributed by atoms with Gasteiger partial charge < -0.3 is 10.1 Å². The highest BCUT2D eigenvalue weighted by atomic mass is 16.5. The number of rotatable bonds is 6. The number of nitrogens with zero attached hydrogens (tertiary/aromatic N) is 2. The number of allylic oxidation sites excluding steroid dienone is 2. The first kappa shape index (κ1) is 18.2. The molecule has 26 heavy (non-hydrogen) atoms. The molecule has 0 saturated heterocycles. The zero-order valence-corrected chi connectivity index (χ0v) is 16.1. The minimum atomic E-state index is 0.0316. The monoisotopic (exact) mass is 353 g/mol. The van der Waals surface area contributed by atoms with E-state index < -0.39 is 0 Å². The Balaban J connectivity index is 1.60. The first-order valence-corrected chi connectivity index (χ1v) is 8.94. The Morgan fingerprint density at radius 1 is 1.27 bits per heavy atom. The summed E-state index contributed by atoms with van der Waals surface area (Å²) in [6.07, 6.45) is 4.11. The highest BCUT2D eigenvalue weighted by Crippen LogP contribution is 2.59. The summed E-state index contributed by atoms with van der Waals surface area (Å²) in [6, 6.07) is 9.63. The van der Waals surface area contributed by atoms with Crippen molar-refractivity contribution in [2.24, 2.45) is 17.3 Å². The molecule has 1 aromatic carbocycles. The van der Waals surface area contributed by atoms with E-state index in [0.717, 1.165) is 17.1 Å². The van der Waals surface area contributed by atoms with Gasteiger partial charge in [-0.2, -0.15) is 5.10 Å². The summed E-state index contributed by atoms with van der Waals surface area (Å²) in [7, 11) is 1.65. The molecule has 2 atom stereocenters. The summed E-state index contributed by atoms with van der Waals surface area (Å²) < 4.78 is 6.97. The smallest absolute Gasteiger partial charge is 0.224 e. The Bertz CT molecular complexity index is 814. The third-order valence-electron chi connectivity index (χ3n) is 5.13. The maximum atomic E-state index is 12.5. The van der Waals surface area contributed by atoms with Gasteiger partial charge in [0, 0.05) is 6.20 Å². The molecule has 0 bridgehead atoms. The van der Waals surface area contributed by atoms with Crippen LogP contribution in [0.2, 0.25) is 0 Å². The van der Waals surface area contributed by atoms with Crippen molar-refractivity contribution in [3.05, 3.63) is 53.9 Å². The van der Waals surface area contributed by atoms with E-state index in [1.165, 1.54) is 5.57 Å². The molecule has 1 aliphatic carbocycles. The summed E-state index contributed by atoms with van der Waals surface area (Å²) in [4.78, 5) is 12.5. The molecule has 138 valence electrons. The molecule has 1 amide bonds. The fourth-order valence-electron chi connectivity index (χ4n) is 3.47. The van der Waals surface area contributed by atoms with E-state index in [1.54, 1.807) is 11.8 Å². The number of aromatic nitrogens is 2. The number of carbonyl (C=O) groups is 1. The summed E-state index contributed by atoms with van der Waals surface area (Å²) in [5.41, 5.74) is 3.09. The second-order valence-corrected chi connectivity index (χ2v) is 7.74. The van der Waals surface area contributed by atoms with Gasteiger partial charge in [-0.25, -0.2) is 4.68 Å². The zero-order valence-electron chi connectivity index (χ0n) is 16.1. The predicted octanol–water partition coefficient (Wildman–Crippen LogP) is 3.74. The molecule has 0 radical (unpaired) electrons. The minimum Gasteiger partial charge on any atom is -0.497 e. The van der Waals surface area contributed by atoms with Gasteiger partial charge in [-0.1, -0.05) is 25.5 Å². The van der Waals surface area contributed by atoms with Crippen molar-refractivity contribution >= 4 is 5.91 Å². The lowest BCUT2D eigenvalue weighted by Gasteiger charge is -2.05. The molecule has 5 heteroatoms. The van der Waals surface area contributed by atoms with E-state index in [1.807, 2.05) is 36.5 Å². The Kier molecular flexibility index (Phi) is 4.90. The van der Waals surface area contributed by atoms with Gasteiger partial charge in [0.25, 0.3) is 0 Å². The quantitative estimate of drug-likeness (QED) is 0.805. The van der Waals surface area contributed by atoms with Crippen LogP contribution in [-0.4, -0.2) is 22.8 Å². The molecule has 1 saturated carbocycles. The van der Waals surface area contributed by atoms with Crippen molar-refractivity contribution in [2.75, 3.05) is 7.11 Å². The van der Waals surface area contributed by atoms with Gasteiger partial charge in [0.05, 0.1) is 31.0 Å². The van der Waals surface area contributed by atoms with Crippen LogP contribution >= 0.6 is 0 Å². The van der Waals surface area contributed by atoms with Crippen LogP contribution in [0.3, 0.4) is 0 Å². The highest BCUT2D eigenvalue weighted by Gasteiger charge is 2.60. The van der Waals surface area contributed by atoms with E-state index in [4.69, 9.17) is 4.74 Å². The second-order valence-electron chi connectivity index (χ2n) is 7.74. The summed E-state index contributed by atoms with van der Waals surface area (Å²) >= 11 is 0. The van der Waals surface area contributed by atoms with Gasteiger partial charge in [0.15, 0.2) is 0 Å². The average Bonchev–Trinajstić information content (AvgIpc) is 2.97. The topological polar surface area (TPSA) is 56.1 Å². The zero-order chi connectivity index (χ0) is 18.9. The molecule has 0 aliphatic heterocycles. The van der Waals surface area contributed by atoms with Crippen LogP contribution < -0.4 is 10.1 Å². The van der Waals surface area contributed by atoms with Gasteiger partial charge >= 0.3 is 0 Å². The first-order chi connectivity index (χ1) is 12.3. The first-order valence-electron chi connectivity index (χ1n) is 8.94. The van der Waals surface area contributed by atoms with Crippen LogP contribution in [-0.2, 0) is 11.3 Å². The SMILES string of the molecule is COc1ccc(-n2ccc(CNC(=O)[C@@H]3[C@H](C=C(C)C)C3(C)C)n2)cc1. The van der Waals surface area contributed by atoms with Crippen molar-refractivity contribution in [1.29, 1.82) is 0 Å². The normalized spacial score (nSPS) is 20.3. The number of carbonyl (C=O) groups excluding carboxylic acids is 1. The molecule has 1 heterocycles. The summed E-state index contributed by atoms with van der Waals surface area (Å²) in [6.45, 7) is 8.90. The van der Waals surface area contributed by atoms with Crippen molar-refractivity contribution in [3.8, 4) is 11.4 Å². The molecule has 1 aliphatic rings. The number of ether oxygens (including phenoxy) is 1. The van der Waals surface area contributed by atoms with Crippen LogP contribution in [0, 0.1) is 17.3 Å². The summed E-state index contributed by atoms with van der Waals surface area (Å²) in [5.74, 6) is 1.29. The summed E-state index contributed by atoms with van der Waals surface area (Å²) in [5, 5.41) is 7.58.